The van der Waals surface area contributed by atoms with Gasteiger partial charge in [0, 0.05) is 49.1 Å². The Morgan fingerprint density at radius 2 is 1.97 bits per heavy atom. The molecule has 2 heterocycles. The van der Waals surface area contributed by atoms with Crippen molar-refractivity contribution in [2.24, 2.45) is 7.05 Å². The van der Waals surface area contributed by atoms with Gasteiger partial charge in [-0.1, -0.05) is 0 Å². The van der Waals surface area contributed by atoms with Gasteiger partial charge in [0.05, 0.1) is 0 Å². The summed E-state index contributed by atoms with van der Waals surface area (Å²) in [4.78, 5) is 29.8. The number of fused-ring (bicyclic) bond motifs is 1. The standard InChI is InChI=1S/C25H29FN4O3/c1-16-12-18(26)13-17(2)24(16)33-22(15-31)19(6-8-27-10-11-29(3)4)21-14-30(5)25(32)23-20(21)7-9-28-23/h6-9,12-15,27-28H,10-11H2,1-5H3/b8-6-,22-19-. The molecule has 8 heteroatoms. The number of allylic oxidation sites excluding steroid dienone is 3. The Balaban J connectivity index is 2.16. The van der Waals surface area contributed by atoms with Gasteiger partial charge in [0.15, 0.2) is 12.0 Å². The number of benzene rings is 1. The average molecular weight is 453 g/mol. The molecule has 33 heavy (non-hydrogen) atoms. The van der Waals surface area contributed by atoms with Crippen molar-refractivity contribution in [2.45, 2.75) is 13.8 Å². The fourth-order valence-electron chi connectivity index (χ4n) is 3.61. The van der Waals surface area contributed by atoms with Crippen molar-refractivity contribution in [3.8, 4) is 5.75 Å². The summed E-state index contributed by atoms with van der Waals surface area (Å²) in [6.45, 7) is 4.98. The second kappa shape index (κ2) is 10.3. The summed E-state index contributed by atoms with van der Waals surface area (Å²) in [5, 5.41) is 3.87. The van der Waals surface area contributed by atoms with Crippen LogP contribution in [-0.4, -0.2) is 47.9 Å². The minimum atomic E-state index is -0.369. The predicted molar refractivity (Wildman–Crippen MR) is 129 cm³/mol. The zero-order valence-corrected chi connectivity index (χ0v) is 19.5. The number of hydrogen-bond donors (Lipinski definition) is 2. The number of carbonyl (C=O) groups excluding carboxylic acids is 1. The molecule has 3 rings (SSSR count). The first-order valence-electron chi connectivity index (χ1n) is 10.6. The van der Waals surface area contributed by atoms with Crippen molar-refractivity contribution in [3.63, 3.8) is 0 Å². The molecule has 0 bridgehead atoms. The summed E-state index contributed by atoms with van der Waals surface area (Å²) < 4.78 is 21.3. The third-order valence-corrected chi connectivity index (χ3v) is 5.27. The normalized spacial score (nSPS) is 12.5. The van der Waals surface area contributed by atoms with Gasteiger partial charge in [0.1, 0.15) is 17.1 Å². The number of aryl methyl sites for hydroxylation is 3. The lowest BCUT2D eigenvalue weighted by Crippen LogP contribution is -2.23. The molecule has 0 aliphatic heterocycles. The number of nitrogens with zero attached hydrogens (tertiary/aromatic N) is 2. The molecule has 2 N–H and O–H groups in total. The van der Waals surface area contributed by atoms with E-state index >= 15 is 0 Å². The molecule has 0 fully saturated rings. The van der Waals surface area contributed by atoms with Crippen molar-refractivity contribution < 1.29 is 13.9 Å². The molecule has 0 unspecified atom stereocenters. The topological polar surface area (TPSA) is 79.4 Å². The van der Waals surface area contributed by atoms with Gasteiger partial charge >= 0.3 is 0 Å². The number of aromatic nitrogens is 2. The molecule has 0 aliphatic carbocycles. The minimum absolute atomic E-state index is 0.0552. The molecule has 0 atom stereocenters. The fraction of sp³-hybridized carbons (Fsp3) is 0.280. The van der Waals surface area contributed by atoms with Gasteiger partial charge in [-0.25, -0.2) is 4.39 Å². The molecule has 174 valence electrons. The Morgan fingerprint density at radius 1 is 1.27 bits per heavy atom. The van der Waals surface area contributed by atoms with Gasteiger partial charge in [-0.15, -0.1) is 0 Å². The molecule has 0 radical (unpaired) electrons. The number of halogens is 1. The van der Waals surface area contributed by atoms with Crippen molar-refractivity contribution >= 4 is 22.8 Å². The quantitative estimate of drug-likeness (QED) is 0.171. The lowest BCUT2D eigenvalue weighted by Gasteiger charge is -2.16. The van der Waals surface area contributed by atoms with Gasteiger partial charge < -0.3 is 24.5 Å². The van der Waals surface area contributed by atoms with Gasteiger partial charge in [-0.05, 0) is 69.5 Å². The zero-order valence-electron chi connectivity index (χ0n) is 19.5. The van der Waals surface area contributed by atoms with Crippen LogP contribution in [0.3, 0.4) is 0 Å². The molecule has 3 aromatic rings. The summed E-state index contributed by atoms with van der Waals surface area (Å²) in [5.74, 6) is 0.103. The first kappa shape index (κ1) is 24.0. The van der Waals surface area contributed by atoms with E-state index in [9.17, 15) is 14.0 Å². The molecule has 0 saturated carbocycles. The highest BCUT2D eigenvalue weighted by molar-refractivity contribution is 5.99. The Bertz CT molecular complexity index is 1260. The molecule has 0 saturated heterocycles. The summed E-state index contributed by atoms with van der Waals surface area (Å²) in [7, 11) is 5.61. The molecule has 0 amide bonds. The van der Waals surface area contributed by atoms with Gasteiger partial charge in [0.25, 0.3) is 5.56 Å². The predicted octanol–water partition coefficient (Wildman–Crippen LogP) is 3.28. The SMILES string of the molecule is Cc1cc(F)cc(C)c1O/C(C=O)=C(/C=C\NCCN(C)C)c1cn(C)c(=O)c2[nH]ccc12. The Hall–Kier alpha value is -3.65. The first-order chi connectivity index (χ1) is 15.7. The van der Waals surface area contributed by atoms with E-state index in [0.29, 0.717) is 51.7 Å². The third kappa shape index (κ3) is 5.40. The van der Waals surface area contributed by atoms with Crippen molar-refractivity contribution in [1.82, 2.24) is 19.8 Å². The van der Waals surface area contributed by atoms with Crippen LogP contribution in [0.1, 0.15) is 16.7 Å². The van der Waals surface area contributed by atoms with Gasteiger partial charge in [0.2, 0.25) is 0 Å². The number of likely N-dealkylation sites (N-methyl/N-ethyl adjacent to an activating group) is 1. The number of hydrogen-bond acceptors (Lipinski definition) is 5. The fourth-order valence-corrected chi connectivity index (χ4v) is 3.61. The number of aldehydes is 1. The van der Waals surface area contributed by atoms with Crippen molar-refractivity contribution in [3.05, 3.63) is 81.5 Å². The van der Waals surface area contributed by atoms with Crippen LogP contribution in [-0.2, 0) is 11.8 Å². The zero-order chi connectivity index (χ0) is 24.1. The van der Waals surface area contributed by atoms with Crippen LogP contribution in [0.4, 0.5) is 4.39 Å². The second-order valence-electron chi connectivity index (χ2n) is 8.18. The third-order valence-electron chi connectivity index (χ3n) is 5.27. The minimum Gasteiger partial charge on any atom is -0.453 e. The summed E-state index contributed by atoms with van der Waals surface area (Å²) in [5.41, 5.74) is 2.55. The van der Waals surface area contributed by atoms with E-state index < -0.39 is 0 Å². The Kier molecular flexibility index (Phi) is 7.50. The monoisotopic (exact) mass is 452 g/mol. The number of rotatable bonds is 9. The number of pyridine rings is 1. The number of aromatic amines is 1. The molecule has 7 nitrogen and oxygen atoms in total. The molecule has 1 aromatic carbocycles. The van der Waals surface area contributed by atoms with Crippen LogP contribution in [0.15, 0.2) is 53.4 Å². The summed E-state index contributed by atoms with van der Waals surface area (Å²) >= 11 is 0. The van der Waals surface area contributed by atoms with E-state index in [4.69, 9.17) is 4.74 Å². The van der Waals surface area contributed by atoms with Crippen molar-refractivity contribution in [1.29, 1.82) is 0 Å². The average Bonchev–Trinajstić information content (AvgIpc) is 3.24. The number of carbonyl (C=O) groups is 1. The van der Waals surface area contributed by atoms with E-state index in [1.54, 1.807) is 51.6 Å². The molecular weight excluding hydrogens is 423 g/mol. The van der Waals surface area contributed by atoms with E-state index in [2.05, 4.69) is 10.3 Å². The van der Waals surface area contributed by atoms with Crippen LogP contribution in [0.2, 0.25) is 0 Å². The smallest absolute Gasteiger partial charge is 0.274 e. The van der Waals surface area contributed by atoms with Crippen LogP contribution in [0.5, 0.6) is 5.75 Å². The lowest BCUT2D eigenvalue weighted by molar-refractivity contribution is -0.106. The summed E-state index contributed by atoms with van der Waals surface area (Å²) in [6.07, 6.45) is 7.49. The van der Waals surface area contributed by atoms with Gasteiger partial charge in [-0.2, -0.15) is 0 Å². The van der Waals surface area contributed by atoms with E-state index in [1.807, 2.05) is 19.0 Å². The van der Waals surface area contributed by atoms with Crippen LogP contribution < -0.4 is 15.6 Å². The summed E-state index contributed by atoms with van der Waals surface area (Å²) in [6, 6.07) is 4.51. The number of nitrogens with one attached hydrogen (secondary N) is 2. The molecule has 0 spiro atoms. The van der Waals surface area contributed by atoms with E-state index in [-0.39, 0.29) is 17.1 Å². The maximum atomic E-state index is 13.8. The maximum absolute atomic E-state index is 13.8. The highest BCUT2D eigenvalue weighted by Crippen LogP contribution is 2.30. The van der Waals surface area contributed by atoms with Crippen LogP contribution >= 0.6 is 0 Å². The first-order valence-corrected chi connectivity index (χ1v) is 10.6. The second-order valence-corrected chi connectivity index (χ2v) is 8.18. The van der Waals surface area contributed by atoms with Crippen LogP contribution in [0.25, 0.3) is 16.5 Å². The Labute approximate surface area is 192 Å². The number of ether oxygens (including phenoxy) is 1. The lowest BCUT2D eigenvalue weighted by atomic mass is 10.0. The highest BCUT2D eigenvalue weighted by Gasteiger charge is 2.17. The Morgan fingerprint density at radius 3 is 2.61 bits per heavy atom. The number of H-pyrrole nitrogens is 1. The van der Waals surface area contributed by atoms with Crippen LogP contribution in [0, 0.1) is 19.7 Å². The molecule has 0 aliphatic rings. The van der Waals surface area contributed by atoms with Crippen molar-refractivity contribution in [2.75, 3.05) is 27.2 Å². The van der Waals surface area contributed by atoms with Gasteiger partial charge in [-0.3, -0.25) is 9.59 Å². The highest BCUT2D eigenvalue weighted by atomic mass is 19.1. The largest absolute Gasteiger partial charge is 0.453 e. The van der Waals surface area contributed by atoms with E-state index in [1.165, 1.54) is 16.7 Å². The molecular formula is C25H29FN4O3. The maximum Gasteiger partial charge on any atom is 0.274 e. The van der Waals surface area contributed by atoms with E-state index in [0.717, 1.165) is 6.54 Å². The molecule has 2 aromatic heterocycles.